The van der Waals surface area contributed by atoms with Gasteiger partial charge in [-0.15, -0.1) is 13.2 Å². The lowest BCUT2D eigenvalue weighted by Crippen LogP contribution is -2.39. The Morgan fingerprint density at radius 1 is 1.27 bits per heavy atom. The first-order valence-corrected chi connectivity index (χ1v) is 10.7. The van der Waals surface area contributed by atoms with E-state index in [1.807, 2.05) is 23.3 Å². The number of nitrogen functional groups attached to an aromatic ring is 1. The molecule has 0 atom stereocenters. The van der Waals surface area contributed by atoms with Crippen molar-refractivity contribution in [2.75, 3.05) is 25.4 Å². The van der Waals surface area contributed by atoms with Crippen molar-refractivity contribution in [1.29, 1.82) is 0 Å². The van der Waals surface area contributed by atoms with Gasteiger partial charge < -0.3 is 19.9 Å². The van der Waals surface area contributed by atoms with Crippen LogP contribution in [0.3, 0.4) is 0 Å². The second-order valence-corrected chi connectivity index (χ2v) is 8.68. The molecule has 0 amide bonds. The molecule has 11 heteroatoms. The highest BCUT2D eigenvalue weighted by Gasteiger charge is 2.34. The molecule has 0 aromatic carbocycles. The van der Waals surface area contributed by atoms with Crippen LogP contribution in [0.15, 0.2) is 25.0 Å². The summed E-state index contributed by atoms with van der Waals surface area (Å²) in [5.74, 6) is -2.61. The second-order valence-electron chi connectivity index (χ2n) is 8.68. The van der Waals surface area contributed by atoms with Crippen LogP contribution in [0, 0.1) is 5.92 Å². The van der Waals surface area contributed by atoms with Gasteiger partial charge in [-0.05, 0) is 12.0 Å². The van der Waals surface area contributed by atoms with E-state index in [9.17, 15) is 22.0 Å². The normalized spacial score (nSPS) is 16.8. The fraction of sp³-hybridized carbons (Fsp3) is 0.545. The number of aromatic nitrogens is 3. The zero-order valence-corrected chi connectivity index (χ0v) is 18.6. The minimum Gasteiger partial charge on any atom is -0.402 e. The molecule has 1 aliphatic rings. The molecule has 2 aromatic heterocycles. The highest BCUT2D eigenvalue weighted by molar-refractivity contribution is 5.65. The molecule has 3 rings (SSSR count). The minimum atomic E-state index is -4.90. The Morgan fingerprint density at radius 3 is 2.55 bits per heavy atom. The van der Waals surface area contributed by atoms with E-state index in [4.69, 9.17) is 5.73 Å². The maximum Gasteiger partial charge on any atom is 0.573 e. The maximum absolute atomic E-state index is 13.4. The molecule has 0 bridgehead atoms. The third-order valence-corrected chi connectivity index (χ3v) is 5.42. The standard InChI is InChI=1S/C22H28F5N5O/c1-14(2)10-19-30-17(16-11-18(20(28)29-12-16)33-22(25,26)27)13-32(19)15(3)4-7-31-8-5-21(23,24)6-9-31/h11-14H,3-10H2,1-2H3,(H2,28,29). The fourth-order valence-corrected chi connectivity index (χ4v) is 3.65. The van der Waals surface area contributed by atoms with Gasteiger partial charge in [-0.1, -0.05) is 20.4 Å². The van der Waals surface area contributed by atoms with Crippen molar-refractivity contribution in [2.24, 2.45) is 5.92 Å². The summed E-state index contributed by atoms with van der Waals surface area (Å²) < 4.78 is 70.6. The van der Waals surface area contributed by atoms with Crippen molar-refractivity contribution >= 4 is 11.5 Å². The van der Waals surface area contributed by atoms with Crippen molar-refractivity contribution in [1.82, 2.24) is 19.4 Å². The van der Waals surface area contributed by atoms with Crippen LogP contribution >= 0.6 is 0 Å². The molecule has 2 N–H and O–H groups in total. The molecule has 0 saturated carbocycles. The average Bonchev–Trinajstić information content (AvgIpc) is 3.10. The largest absolute Gasteiger partial charge is 0.573 e. The molecule has 1 saturated heterocycles. The molecule has 182 valence electrons. The molecular formula is C22H28F5N5O. The predicted octanol–water partition coefficient (Wildman–Crippen LogP) is 5.22. The van der Waals surface area contributed by atoms with E-state index in [1.165, 1.54) is 6.20 Å². The first-order chi connectivity index (χ1) is 15.3. The van der Waals surface area contributed by atoms with E-state index in [1.54, 1.807) is 6.20 Å². The molecule has 6 nitrogen and oxygen atoms in total. The topological polar surface area (TPSA) is 69.2 Å². The summed E-state index contributed by atoms with van der Waals surface area (Å²) in [5.41, 5.74) is 6.97. The molecule has 2 aromatic rings. The van der Waals surface area contributed by atoms with E-state index in [0.717, 1.165) is 11.8 Å². The molecule has 1 aliphatic heterocycles. The third kappa shape index (κ3) is 6.89. The summed E-state index contributed by atoms with van der Waals surface area (Å²) in [4.78, 5) is 10.4. The van der Waals surface area contributed by atoms with Gasteiger partial charge in [-0.3, -0.25) is 0 Å². The maximum atomic E-state index is 13.4. The Bertz CT molecular complexity index is 976. The Balaban J connectivity index is 1.80. The van der Waals surface area contributed by atoms with Gasteiger partial charge in [0.05, 0.1) is 5.69 Å². The van der Waals surface area contributed by atoms with Crippen LogP contribution in [0.1, 0.15) is 38.9 Å². The number of hydrogen-bond acceptors (Lipinski definition) is 5. The van der Waals surface area contributed by atoms with Gasteiger partial charge in [0.15, 0.2) is 11.6 Å². The van der Waals surface area contributed by atoms with E-state index in [-0.39, 0.29) is 24.6 Å². The Labute approximate surface area is 189 Å². The van der Waals surface area contributed by atoms with E-state index in [2.05, 4.69) is 21.3 Å². The zero-order chi connectivity index (χ0) is 24.4. The Hall–Kier alpha value is -2.69. The highest BCUT2D eigenvalue weighted by Crippen LogP contribution is 2.32. The molecule has 0 spiro atoms. The van der Waals surface area contributed by atoms with Crippen molar-refractivity contribution in [3.8, 4) is 17.0 Å². The number of nitrogens with zero attached hydrogens (tertiary/aromatic N) is 4. The van der Waals surface area contributed by atoms with Gasteiger partial charge in [0, 0.05) is 69.0 Å². The molecule has 33 heavy (non-hydrogen) atoms. The average molecular weight is 473 g/mol. The number of halogens is 5. The summed E-state index contributed by atoms with van der Waals surface area (Å²) >= 11 is 0. The summed E-state index contributed by atoms with van der Waals surface area (Å²) in [5, 5.41) is 0. The number of piperidine rings is 1. The lowest BCUT2D eigenvalue weighted by atomic mass is 10.1. The number of alkyl halides is 5. The summed E-state index contributed by atoms with van der Waals surface area (Å²) in [6.45, 7) is 9.41. The first kappa shape index (κ1) is 24.9. The van der Waals surface area contributed by atoms with E-state index >= 15 is 0 Å². The molecular weight excluding hydrogens is 445 g/mol. The van der Waals surface area contributed by atoms with Gasteiger partial charge in [0.2, 0.25) is 0 Å². The number of hydrogen-bond donors (Lipinski definition) is 1. The van der Waals surface area contributed by atoms with Gasteiger partial charge >= 0.3 is 6.36 Å². The number of likely N-dealkylation sites (tertiary alicyclic amines) is 1. The lowest BCUT2D eigenvalue weighted by molar-refractivity contribution is -0.274. The van der Waals surface area contributed by atoms with Crippen LogP contribution in [0.4, 0.5) is 27.8 Å². The monoisotopic (exact) mass is 473 g/mol. The lowest BCUT2D eigenvalue weighted by Gasteiger charge is -2.31. The smallest absolute Gasteiger partial charge is 0.402 e. The Morgan fingerprint density at radius 2 is 1.94 bits per heavy atom. The predicted molar refractivity (Wildman–Crippen MR) is 116 cm³/mol. The van der Waals surface area contributed by atoms with Crippen LogP contribution in [0.2, 0.25) is 0 Å². The van der Waals surface area contributed by atoms with Crippen LogP contribution in [-0.2, 0) is 6.42 Å². The highest BCUT2D eigenvalue weighted by atomic mass is 19.4. The third-order valence-electron chi connectivity index (χ3n) is 5.42. The quantitative estimate of drug-likeness (QED) is 0.533. The van der Waals surface area contributed by atoms with Crippen molar-refractivity contribution in [2.45, 2.75) is 51.8 Å². The van der Waals surface area contributed by atoms with Crippen molar-refractivity contribution < 1.29 is 26.7 Å². The fourth-order valence-electron chi connectivity index (χ4n) is 3.65. The van der Waals surface area contributed by atoms with Crippen LogP contribution in [0.5, 0.6) is 5.75 Å². The van der Waals surface area contributed by atoms with Gasteiger partial charge in [-0.2, -0.15) is 0 Å². The van der Waals surface area contributed by atoms with E-state index < -0.39 is 18.0 Å². The number of pyridine rings is 1. The number of anilines is 1. The minimum absolute atomic E-state index is 0.153. The van der Waals surface area contributed by atoms with Crippen LogP contribution in [-0.4, -0.2) is 51.4 Å². The van der Waals surface area contributed by atoms with E-state index in [0.29, 0.717) is 49.6 Å². The first-order valence-electron chi connectivity index (χ1n) is 10.7. The summed E-state index contributed by atoms with van der Waals surface area (Å²) in [7, 11) is 0. The number of ether oxygens (including phenoxy) is 1. The van der Waals surface area contributed by atoms with Crippen LogP contribution < -0.4 is 10.5 Å². The number of imidazole rings is 1. The molecule has 0 unspecified atom stereocenters. The second kappa shape index (κ2) is 9.66. The van der Waals surface area contributed by atoms with Gasteiger partial charge in [0.1, 0.15) is 5.82 Å². The van der Waals surface area contributed by atoms with Gasteiger partial charge in [-0.25, -0.2) is 18.7 Å². The molecule has 0 radical (unpaired) electrons. The van der Waals surface area contributed by atoms with Crippen molar-refractivity contribution in [3.63, 3.8) is 0 Å². The molecule has 0 aliphatic carbocycles. The Kier molecular flexibility index (Phi) is 7.30. The summed E-state index contributed by atoms with van der Waals surface area (Å²) in [6, 6.07) is 1.15. The number of rotatable bonds is 8. The SMILES string of the molecule is C=C(CCN1CCC(F)(F)CC1)n1cc(-c2cnc(N)c(OC(F)(F)F)c2)nc1CC(C)C. The number of nitrogens with two attached hydrogens (primary N) is 1. The van der Waals surface area contributed by atoms with Crippen LogP contribution in [0.25, 0.3) is 17.0 Å². The van der Waals surface area contributed by atoms with Gasteiger partial charge in [0.25, 0.3) is 5.92 Å². The molecule has 1 fully saturated rings. The summed E-state index contributed by atoms with van der Waals surface area (Å²) in [6.07, 6.45) is -1.03. The van der Waals surface area contributed by atoms with Crippen molar-refractivity contribution in [3.05, 3.63) is 30.9 Å². The zero-order valence-electron chi connectivity index (χ0n) is 18.6. The molecule has 3 heterocycles.